The minimum atomic E-state index is -0.577. The second kappa shape index (κ2) is 8.35. The van der Waals surface area contributed by atoms with Crippen molar-refractivity contribution in [1.29, 1.82) is 0 Å². The van der Waals surface area contributed by atoms with Gasteiger partial charge in [0.05, 0.1) is 26.0 Å². The topological polar surface area (TPSA) is 78.3 Å². The fourth-order valence-electron chi connectivity index (χ4n) is 3.14. The molecule has 1 aromatic rings. The van der Waals surface area contributed by atoms with Crippen LogP contribution in [0.2, 0.25) is 0 Å². The summed E-state index contributed by atoms with van der Waals surface area (Å²) in [7, 11) is 2.07. The van der Waals surface area contributed by atoms with Crippen molar-refractivity contribution in [1.82, 2.24) is 20.0 Å². The standard InChI is InChI=1S/C17H26N4O4/c1-19-5-3-6-20(8-7-19)16(22)15-13-21(9-11-25-15)17(23)18-12-14-4-2-10-24-14/h2,4,10,15H,3,5-9,11-13H2,1H3,(H,18,23)/t15-/m0/s1. The molecule has 2 aliphatic heterocycles. The van der Waals surface area contributed by atoms with Crippen LogP contribution in [0.5, 0.6) is 0 Å². The van der Waals surface area contributed by atoms with Crippen molar-refractivity contribution < 1.29 is 18.7 Å². The maximum absolute atomic E-state index is 12.7. The Kier molecular flexibility index (Phi) is 5.93. The number of nitrogens with one attached hydrogen (secondary N) is 1. The van der Waals surface area contributed by atoms with Gasteiger partial charge in [0.1, 0.15) is 5.76 Å². The van der Waals surface area contributed by atoms with E-state index in [9.17, 15) is 9.59 Å². The summed E-state index contributed by atoms with van der Waals surface area (Å²) in [5.41, 5.74) is 0. The van der Waals surface area contributed by atoms with Crippen LogP contribution in [0, 0.1) is 0 Å². The number of nitrogens with zero attached hydrogens (tertiary/aromatic N) is 3. The molecule has 3 rings (SSSR count). The van der Waals surface area contributed by atoms with Gasteiger partial charge in [0.2, 0.25) is 0 Å². The summed E-state index contributed by atoms with van der Waals surface area (Å²) in [6.07, 6.45) is 1.96. The van der Waals surface area contributed by atoms with Crippen molar-refractivity contribution >= 4 is 11.9 Å². The van der Waals surface area contributed by atoms with Gasteiger partial charge in [-0.3, -0.25) is 4.79 Å². The molecule has 0 spiro atoms. The number of amides is 3. The molecule has 0 aliphatic carbocycles. The summed E-state index contributed by atoms with van der Waals surface area (Å²) in [5, 5.41) is 2.82. The summed E-state index contributed by atoms with van der Waals surface area (Å²) >= 11 is 0. The number of carbonyl (C=O) groups is 2. The molecular formula is C17H26N4O4. The zero-order valence-electron chi connectivity index (χ0n) is 14.6. The number of urea groups is 1. The number of hydrogen-bond acceptors (Lipinski definition) is 5. The lowest BCUT2D eigenvalue weighted by molar-refractivity contribution is -0.147. The van der Waals surface area contributed by atoms with E-state index >= 15 is 0 Å². The Hall–Kier alpha value is -2.06. The van der Waals surface area contributed by atoms with Crippen molar-refractivity contribution in [3.05, 3.63) is 24.2 Å². The van der Waals surface area contributed by atoms with Crippen LogP contribution in [0.1, 0.15) is 12.2 Å². The third-order valence-electron chi connectivity index (χ3n) is 4.65. The van der Waals surface area contributed by atoms with Crippen molar-refractivity contribution in [2.75, 3.05) is 52.9 Å². The van der Waals surface area contributed by atoms with Crippen molar-refractivity contribution in [3.8, 4) is 0 Å². The summed E-state index contributed by atoms with van der Waals surface area (Å²) in [6.45, 7) is 4.79. The van der Waals surface area contributed by atoms with E-state index < -0.39 is 6.10 Å². The Morgan fingerprint density at radius 1 is 1.20 bits per heavy atom. The van der Waals surface area contributed by atoms with Crippen molar-refractivity contribution in [2.45, 2.75) is 19.1 Å². The van der Waals surface area contributed by atoms with Crippen LogP contribution >= 0.6 is 0 Å². The quantitative estimate of drug-likeness (QED) is 0.851. The molecule has 0 bridgehead atoms. The van der Waals surface area contributed by atoms with E-state index in [1.54, 1.807) is 17.2 Å². The first-order valence-electron chi connectivity index (χ1n) is 8.77. The van der Waals surface area contributed by atoms with Crippen molar-refractivity contribution in [3.63, 3.8) is 0 Å². The first-order valence-corrected chi connectivity index (χ1v) is 8.77. The molecule has 3 heterocycles. The van der Waals surface area contributed by atoms with Crippen LogP contribution in [0.3, 0.4) is 0 Å². The Balaban J connectivity index is 1.51. The molecule has 0 saturated carbocycles. The first-order chi connectivity index (χ1) is 12.1. The highest BCUT2D eigenvalue weighted by molar-refractivity contribution is 5.82. The largest absolute Gasteiger partial charge is 0.467 e. The highest BCUT2D eigenvalue weighted by atomic mass is 16.5. The van der Waals surface area contributed by atoms with Crippen LogP contribution in [0.15, 0.2) is 22.8 Å². The number of morpholine rings is 1. The molecular weight excluding hydrogens is 324 g/mol. The summed E-state index contributed by atoms with van der Waals surface area (Å²) in [5.74, 6) is 0.682. The molecule has 138 valence electrons. The van der Waals surface area contributed by atoms with Crippen LogP contribution < -0.4 is 5.32 Å². The van der Waals surface area contributed by atoms with Gasteiger partial charge in [-0.1, -0.05) is 0 Å². The Morgan fingerprint density at radius 2 is 2.08 bits per heavy atom. The molecule has 3 amide bonds. The summed E-state index contributed by atoms with van der Waals surface area (Å²) in [6, 6.07) is 3.39. The molecule has 1 N–H and O–H groups in total. The SMILES string of the molecule is CN1CCCN(C(=O)[C@@H]2CN(C(=O)NCc3ccco3)CCO2)CC1. The lowest BCUT2D eigenvalue weighted by Gasteiger charge is -2.34. The Morgan fingerprint density at radius 3 is 2.88 bits per heavy atom. The van der Waals surface area contributed by atoms with Gasteiger partial charge in [-0.2, -0.15) is 0 Å². The minimum Gasteiger partial charge on any atom is -0.467 e. The number of carbonyl (C=O) groups excluding carboxylic acids is 2. The normalized spacial score (nSPS) is 22.5. The molecule has 0 radical (unpaired) electrons. The van der Waals surface area contributed by atoms with Gasteiger partial charge >= 0.3 is 6.03 Å². The monoisotopic (exact) mass is 350 g/mol. The molecule has 8 heteroatoms. The Labute approximate surface area is 147 Å². The first kappa shape index (κ1) is 17.8. The molecule has 2 saturated heterocycles. The van der Waals surface area contributed by atoms with Gasteiger partial charge in [-0.25, -0.2) is 4.79 Å². The highest BCUT2D eigenvalue weighted by Gasteiger charge is 2.32. The van der Waals surface area contributed by atoms with Gasteiger partial charge in [0.25, 0.3) is 5.91 Å². The molecule has 1 atom stereocenters. The molecule has 2 fully saturated rings. The lowest BCUT2D eigenvalue weighted by Crippen LogP contribution is -2.54. The molecule has 1 aromatic heterocycles. The number of furan rings is 1. The Bertz CT molecular complexity index is 577. The van der Waals surface area contributed by atoms with E-state index in [0.717, 1.165) is 26.1 Å². The molecule has 8 nitrogen and oxygen atoms in total. The van der Waals surface area contributed by atoms with Gasteiger partial charge in [-0.15, -0.1) is 0 Å². The van der Waals surface area contributed by atoms with Gasteiger partial charge in [0.15, 0.2) is 6.10 Å². The third-order valence-corrected chi connectivity index (χ3v) is 4.65. The van der Waals surface area contributed by atoms with Crippen LogP contribution in [0.4, 0.5) is 4.79 Å². The average molecular weight is 350 g/mol. The second-order valence-corrected chi connectivity index (χ2v) is 6.53. The van der Waals surface area contributed by atoms with Gasteiger partial charge in [-0.05, 0) is 32.1 Å². The minimum absolute atomic E-state index is 0.0150. The number of ether oxygens (including phenoxy) is 1. The predicted molar refractivity (Wildman–Crippen MR) is 91.0 cm³/mol. The number of likely N-dealkylation sites (N-methyl/N-ethyl adjacent to an activating group) is 1. The van der Waals surface area contributed by atoms with Crippen LogP contribution in [-0.2, 0) is 16.1 Å². The molecule has 0 unspecified atom stereocenters. The maximum Gasteiger partial charge on any atom is 0.317 e. The maximum atomic E-state index is 12.7. The zero-order valence-corrected chi connectivity index (χ0v) is 14.6. The molecule has 2 aliphatic rings. The average Bonchev–Trinajstić information content (AvgIpc) is 3.06. The van der Waals surface area contributed by atoms with E-state index in [4.69, 9.17) is 9.15 Å². The lowest BCUT2D eigenvalue weighted by atomic mass is 10.2. The zero-order chi connectivity index (χ0) is 17.6. The van der Waals surface area contributed by atoms with Gasteiger partial charge in [0, 0.05) is 26.2 Å². The third kappa shape index (κ3) is 4.73. The second-order valence-electron chi connectivity index (χ2n) is 6.53. The summed E-state index contributed by atoms with van der Waals surface area (Å²) in [4.78, 5) is 30.8. The number of rotatable bonds is 3. The smallest absolute Gasteiger partial charge is 0.317 e. The fourth-order valence-corrected chi connectivity index (χ4v) is 3.14. The number of hydrogen-bond donors (Lipinski definition) is 1. The van der Waals surface area contributed by atoms with E-state index in [2.05, 4.69) is 17.3 Å². The predicted octanol–water partition coefficient (Wildman–Crippen LogP) is 0.354. The van der Waals surface area contributed by atoms with E-state index in [0.29, 0.717) is 32.0 Å². The van der Waals surface area contributed by atoms with Gasteiger partial charge < -0.3 is 29.2 Å². The highest BCUT2D eigenvalue weighted by Crippen LogP contribution is 2.11. The fraction of sp³-hybridized carbons (Fsp3) is 0.647. The summed E-state index contributed by atoms with van der Waals surface area (Å²) < 4.78 is 10.9. The molecule has 25 heavy (non-hydrogen) atoms. The van der Waals surface area contributed by atoms with E-state index in [-0.39, 0.29) is 18.5 Å². The van der Waals surface area contributed by atoms with Crippen molar-refractivity contribution in [2.24, 2.45) is 0 Å². The van der Waals surface area contributed by atoms with Crippen LogP contribution in [0.25, 0.3) is 0 Å². The van der Waals surface area contributed by atoms with E-state index in [1.807, 2.05) is 11.0 Å². The van der Waals surface area contributed by atoms with E-state index in [1.165, 1.54) is 0 Å². The van der Waals surface area contributed by atoms with Crippen LogP contribution in [-0.4, -0.2) is 85.7 Å². The molecule has 0 aromatic carbocycles.